The molecule has 3 fully saturated rings. The quantitative estimate of drug-likeness (QED) is 0.409. The zero-order valence-electron chi connectivity index (χ0n) is 24.9. The van der Waals surface area contributed by atoms with Gasteiger partial charge in [-0.2, -0.15) is 0 Å². The molecule has 0 bridgehead atoms. The molecular formula is C35H52N2. The highest BCUT2D eigenvalue weighted by atomic mass is 14.8. The van der Waals surface area contributed by atoms with Gasteiger partial charge in [-0.05, 0) is 141 Å². The van der Waals surface area contributed by atoms with Crippen molar-refractivity contribution in [1.29, 1.82) is 0 Å². The van der Waals surface area contributed by atoms with Gasteiger partial charge in [-0.25, -0.2) is 9.97 Å². The Bertz CT molecular complexity index is 1170. The van der Waals surface area contributed by atoms with Gasteiger partial charge in [0.1, 0.15) is 0 Å². The standard InChI is InChI=1S/C35H52N2/c1-21(2)9-8-10-22(3)27-13-14-28-26-12-11-25-19-32-33(20-35(25,7)29(26)15-16-34(27,28)6)37-31-18-24(5)23(4)17-30(31)36-32/h17-18,21-22,25-29H,8-16,19-20H2,1-7H3/t22?,25-,26?,27?,28-,29?,34+,35-/m0/s1. The molecule has 1 heterocycles. The van der Waals surface area contributed by atoms with Crippen molar-refractivity contribution in [2.45, 2.75) is 119 Å². The number of nitrogens with zero attached hydrogens (tertiary/aromatic N) is 2. The van der Waals surface area contributed by atoms with Crippen LogP contribution in [0, 0.1) is 66.1 Å². The summed E-state index contributed by atoms with van der Waals surface area (Å²) in [6, 6.07) is 4.52. The van der Waals surface area contributed by atoms with Crippen molar-refractivity contribution in [3.8, 4) is 0 Å². The van der Waals surface area contributed by atoms with Crippen molar-refractivity contribution < 1.29 is 0 Å². The number of aryl methyl sites for hydroxylation is 2. The van der Waals surface area contributed by atoms with Crippen LogP contribution in [0.4, 0.5) is 0 Å². The van der Waals surface area contributed by atoms with Gasteiger partial charge in [-0.3, -0.25) is 0 Å². The average Bonchev–Trinajstić information content (AvgIpc) is 3.19. The van der Waals surface area contributed by atoms with E-state index in [2.05, 4.69) is 60.6 Å². The topological polar surface area (TPSA) is 25.8 Å². The maximum absolute atomic E-state index is 5.29. The van der Waals surface area contributed by atoms with Gasteiger partial charge in [0, 0.05) is 0 Å². The summed E-state index contributed by atoms with van der Waals surface area (Å²) >= 11 is 0. The van der Waals surface area contributed by atoms with Gasteiger partial charge in [0.15, 0.2) is 0 Å². The molecule has 4 aliphatic carbocycles. The van der Waals surface area contributed by atoms with E-state index in [1.807, 2.05) is 0 Å². The summed E-state index contributed by atoms with van der Waals surface area (Å²) < 4.78 is 0. The Balaban J connectivity index is 1.24. The van der Waals surface area contributed by atoms with Gasteiger partial charge in [0.2, 0.25) is 0 Å². The zero-order chi connectivity index (χ0) is 26.1. The molecule has 0 saturated heterocycles. The van der Waals surface area contributed by atoms with E-state index in [1.165, 1.54) is 80.3 Å². The van der Waals surface area contributed by atoms with Crippen LogP contribution in [0.1, 0.15) is 115 Å². The lowest BCUT2D eigenvalue weighted by atomic mass is 9.44. The fourth-order valence-electron chi connectivity index (χ4n) is 10.5. The molecule has 2 nitrogen and oxygen atoms in total. The van der Waals surface area contributed by atoms with Gasteiger partial charge in [-0.1, -0.05) is 53.9 Å². The van der Waals surface area contributed by atoms with E-state index in [-0.39, 0.29) is 0 Å². The second-order valence-corrected chi connectivity index (χ2v) is 15.1. The monoisotopic (exact) mass is 500 g/mol. The van der Waals surface area contributed by atoms with E-state index in [1.54, 1.807) is 0 Å². The van der Waals surface area contributed by atoms with Crippen LogP contribution < -0.4 is 0 Å². The van der Waals surface area contributed by atoms with Crippen LogP contribution in [0.25, 0.3) is 11.0 Å². The predicted octanol–water partition coefficient (Wildman–Crippen LogP) is 9.28. The van der Waals surface area contributed by atoms with Crippen molar-refractivity contribution in [3.05, 3.63) is 34.6 Å². The van der Waals surface area contributed by atoms with Crippen LogP contribution in [0.2, 0.25) is 0 Å². The number of hydrogen-bond acceptors (Lipinski definition) is 2. The summed E-state index contributed by atoms with van der Waals surface area (Å²) in [6.07, 6.45) is 15.4. The largest absolute Gasteiger partial charge is 0.249 e. The van der Waals surface area contributed by atoms with Gasteiger partial charge in [0.25, 0.3) is 0 Å². The molecular weight excluding hydrogens is 448 g/mol. The van der Waals surface area contributed by atoms with Crippen LogP contribution in [0.3, 0.4) is 0 Å². The van der Waals surface area contributed by atoms with Gasteiger partial charge in [0.05, 0.1) is 22.4 Å². The summed E-state index contributed by atoms with van der Waals surface area (Å²) in [5, 5.41) is 0. The Kier molecular flexibility index (Phi) is 6.52. The molecule has 0 aliphatic heterocycles. The molecule has 3 saturated carbocycles. The van der Waals surface area contributed by atoms with Crippen molar-refractivity contribution in [2.75, 3.05) is 0 Å². The second kappa shape index (κ2) is 9.34. The van der Waals surface area contributed by atoms with Crippen LogP contribution in [0.15, 0.2) is 12.1 Å². The van der Waals surface area contributed by atoms with E-state index in [4.69, 9.17) is 9.97 Å². The summed E-state index contributed by atoms with van der Waals surface area (Å²) in [6.45, 7) is 17.2. The minimum absolute atomic E-state index is 0.403. The first-order chi connectivity index (χ1) is 17.6. The smallest absolute Gasteiger partial charge is 0.0893 e. The first kappa shape index (κ1) is 25.8. The van der Waals surface area contributed by atoms with Crippen LogP contribution in [-0.2, 0) is 12.8 Å². The minimum atomic E-state index is 0.403. The Morgan fingerprint density at radius 1 is 0.811 bits per heavy atom. The summed E-state index contributed by atoms with van der Waals surface area (Å²) in [5.74, 6) is 6.26. The second-order valence-electron chi connectivity index (χ2n) is 15.1. The van der Waals surface area contributed by atoms with E-state index in [0.717, 1.165) is 65.3 Å². The van der Waals surface area contributed by atoms with Crippen molar-refractivity contribution in [3.63, 3.8) is 0 Å². The third kappa shape index (κ3) is 4.19. The summed E-state index contributed by atoms with van der Waals surface area (Å²) in [5.41, 5.74) is 8.50. The molecule has 0 spiro atoms. The number of fused-ring (bicyclic) bond motifs is 7. The van der Waals surface area contributed by atoms with Crippen molar-refractivity contribution in [1.82, 2.24) is 9.97 Å². The third-order valence-corrected chi connectivity index (χ3v) is 12.7. The molecule has 37 heavy (non-hydrogen) atoms. The fourth-order valence-corrected chi connectivity index (χ4v) is 10.5. The molecule has 6 rings (SSSR count). The summed E-state index contributed by atoms with van der Waals surface area (Å²) in [7, 11) is 0. The van der Waals surface area contributed by atoms with Gasteiger partial charge in [-0.15, -0.1) is 0 Å². The molecule has 4 aliphatic rings. The predicted molar refractivity (Wildman–Crippen MR) is 156 cm³/mol. The molecule has 4 unspecified atom stereocenters. The first-order valence-electron chi connectivity index (χ1n) is 15.9. The Morgan fingerprint density at radius 3 is 2.19 bits per heavy atom. The molecule has 0 amide bonds. The molecule has 1 aromatic carbocycles. The van der Waals surface area contributed by atoms with Crippen LogP contribution in [-0.4, -0.2) is 9.97 Å². The lowest BCUT2D eigenvalue weighted by Gasteiger charge is -2.60. The van der Waals surface area contributed by atoms with Crippen LogP contribution in [0.5, 0.6) is 0 Å². The van der Waals surface area contributed by atoms with E-state index in [0.29, 0.717) is 10.8 Å². The average molecular weight is 501 g/mol. The van der Waals surface area contributed by atoms with Gasteiger partial charge < -0.3 is 0 Å². The highest BCUT2D eigenvalue weighted by Gasteiger charge is 2.60. The number of rotatable bonds is 5. The van der Waals surface area contributed by atoms with Gasteiger partial charge >= 0.3 is 0 Å². The number of hydrogen-bond donors (Lipinski definition) is 0. The van der Waals surface area contributed by atoms with E-state index < -0.39 is 0 Å². The lowest BCUT2D eigenvalue weighted by molar-refractivity contribution is -0.104. The van der Waals surface area contributed by atoms with Crippen LogP contribution >= 0.6 is 0 Å². The SMILES string of the molecule is Cc1cc2nc3c(nc2cc1C)C[C@]1(C)C2CC[C@]4(C)C(C(C)CCCC(C)C)CC[C@H]4C2CC[C@H]1C3. The highest BCUT2D eigenvalue weighted by molar-refractivity contribution is 5.76. The van der Waals surface area contributed by atoms with E-state index in [9.17, 15) is 0 Å². The molecule has 2 aromatic rings. The normalized spacial score (nSPS) is 37.7. The highest BCUT2D eigenvalue weighted by Crippen LogP contribution is 2.67. The number of aromatic nitrogens is 2. The number of benzene rings is 1. The molecule has 202 valence electrons. The molecule has 8 atom stereocenters. The molecule has 0 radical (unpaired) electrons. The Hall–Kier alpha value is -1.44. The maximum atomic E-state index is 5.29. The molecule has 0 N–H and O–H groups in total. The lowest BCUT2D eigenvalue weighted by Crippen LogP contribution is -2.54. The third-order valence-electron chi connectivity index (χ3n) is 12.7. The zero-order valence-corrected chi connectivity index (χ0v) is 24.9. The maximum Gasteiger partial charge on any atom is 0.0893 e. The van der Waals surface area contributed by atoms with Crippen molar-refractivity contribution in [2.24, 2.45) is 52.3 Å². The van der Waals surface area contributed by atoms with E-state index >= 15 is 0 Å². The molecule has 1 aromatic heterocycles. The molecule has 2 heteroatoms. The van der Waals surface area contributed by atoms with Crippen molar-refractivity contribution >= 4 is 11.0 Å². The minimum Gasteiger partial charge on any atom is -0.249 e. The Morgan fingerprint density at radius 2 is 1.49 bits per heavy atom. The Labute approximate surface area is 226 Å². The first-order valence-corrected chi connectivity index (χ1v) is 15.9. The summed E-state index contributed by atoms with van der Waals surface area (Å²) in [4.78, 5) is 10.5. The fraction of sp³-hybridized carbons (Fsp3) is 0.771.